The largest absolute Gasteiger partial charge is 0.478 e. The molecule has 6 atom stereocenters. The van der Waals surface area contributed by atoms with Crippen molar-refractivity contribution in [1.29, 1.82) is 0 Å². The average Bonchev–Trinajstić information content (AvgIpc) is 2.95. The number of carbonyl (C=O) groups is 4. The third kappa shape index (κ3) is 14.9. The first kappa shape index (κ1) is 42.8. The van der Waals surface area contributed by atoms with Gasteiger partial charge in [-0.05, 0) is 63.2 Å². The van der Waals surface area contributed by atoms with Gasteiger partial charge in [-0.3, -0.25) is 9.59 Å². The number of alkyl carbamates (subject to hydrolysis) is 1. The topological polar surface area (TPSA) is 160 Å². The van der Waals surface area contributed by atoms with Crippen molar-refractivity contribution in [2.75, 3.05) is 6.54 Å². The minimum absolute atomic E-state index is 0.0161. The van der Waals surface area contributed by atoms with E-state index in [0.29, 0.717) is 0 Å². The van der Waals surface area contributed by atoms with Crippen LogP contribution in [0.25, 0.3) is 0 Å². The Morgan fingerprint density at radius 3 is 2.04 bits per heavy atom. The lowest BCUT2D eigenvalue weighted by Gasteiger charge is -2.42. The Morgan fingerprint density at radius 1 is 0.958 bits per heavy atom. The van der Waals surface area contributed by atoms with Gasteiger partial charge in [-0.1, -0.05) is 84.9 Å². The lowest BCUT2D eigenvalue weighted by molar-refractivity contribution is -0.160. The van der Waals surface area contributed by atoms with Gasteiger partial charge in [0.25, 0.3) is 5.91 Å². The van der Waals surface area contributed by atoms with E-state index in [-0.39, 0.29) is 30.3 Å². The fraction of sp³-hybridized carbons (Fsp3) is 0.667. The van der Waals surface area contributed by atoms with E-state index in [1.807, 2.05) is 44.2 Å². The van der Waals surface area contributed by atoms with Crippen LogP contribution in [0, 0.1) is 17.8 Å². The standard InChI is InChI=1S/C36H60N2O9Si/c1-23(2)21-28(45-33(43)24(3)22-37-34(44)46-35(5,6)7)32(42)38-27(19-16-20-29(39)40)25(4)30(41)31(26-17-14-13-15-18-26)47-48(11,12)36(8,9)10/h13-18,20,23-25,27-28,30-31,41H,19,21-22H2,1-12H3,(H,37,44)(H,38,42)(H,39,40)/b20-16+/t24-,25+,27+,28+,30-,31-/m1/s1. The van der Waals surface area contributed by atoms with Crippen molar-refractivity contribution in [3.05, 3.63) is 48.0 Å². The van der Waals surface area contributed by atoms with Crippen LogP contribution in [0.15, 0.2) is 42.5 Å². The molecule has 0 aliphatic carbocycles. The number of rotatable bonds is 17. The van der Waals surface area contributed by atoms with Gasteiger partial charge in [0.05, 0.1) is 18.1 Å². The highest BCUT2D eigenvalue weighted by molar-refractivity contribution is 6.74. The molecule has 4 N–H and O–H groups in total. The number of carbonyl (C=O) groups excluding carboxylic acids is 3. The van der Waals surface area contributed by atoms with Crippen LogP contribution in [0.2, 0.25) is 18.1 Å². The number of benzene rings is 1. The molecule has 0 heterocycles. The van der Waals surface area contributed by atoms with Gasteiger partial charge in [-0.25, -0.2) is 9.59 Å². The monoisotopic (exact) mass is 692 g/mol. The molecule has 0 aliphatic heterocycles. The maximum atomic E-state index is 13.8. The number of aliphatic carboxylic acids is 1. The highest BCUT2D eigenvalue weighted by Gasteiger charge is 2.43. The number of hydrogen-bond donors (Lipinski definition) is 4. The van der Waals surface area contributed by atoms with Gasteiger partial charge >= 0.3 is 18.0 Å². The molecule has 11 nitrogen and oxygen atoms in total. The molecule has 0 unspecified atom stereocenters. The summed E-state index contributed by atoms with van der Waals surface area (Å²) in [4.78, 5) is 50.2. The van der Waals surface area contributed by atoms with Crippen LogP contribution >= 0.6 is 0 Å². The SMILES string of the molecule is CC(C)C[C@H](OC(=O)[C@H](C)CNC(=O)OC(C)(C)C)C(=O)N[C@@H](C/C=C/C(=O)O)[C@H](C)[C@@H](O)[C@H](O[Si](C)(C)C(C)(C)C)c1ccccc1. The Morgan fingerprint density at radius 2 is 1.54 bits per heavy atom. The van der Waals surface area contributed by atoms with E-state index in [0.717, 1.165) is 11.6 Å². The van der Waals surface area contributed by atoms with E-state index in [9.17, 15) is 29.4 Å². The molecule has 0 spiro atoms. The highest BCUT2D eigenvalue weighted by Crippen LogP contribution is 2.41. The zero-order valence-corrected chi connectivity index (χ0v) is 32.0. The molecule has 0 bridgehead atoms. The van der Waals surface area contributed by atoms with Gasteiger partial charge in [-0.2, -0.15) is 0 Å². The van der Waals surface area contributed by atoms with Crippen LogP contribution in [0.4, 0.5) is 4.79 Å². The molecule has 0 aromatic heterocycles. The normalized spacial score (nSPS) is 16.4. The minimum Gasteiger partial charge on any atom is -0.478 e. The van der Waals surface area contributed by atoms with Crippen LogP contribution in [0.5, 0.6) is 0 Å². The summed E-state index contributed by atoms with van der Waals surface area (Å²) in [7, 11) is -2.39. The van der Waals surface area contributed by atoms with Crippen LogP contribution in [0.1, 0.15) is 93.7 Å². The Kier molecular flexibility index (Phi) is 16.5. The lowest BCUT2D eigenvalue weighted by atomic mass is 9.87. The van der Waals surface area contributed by atoms with E-state index < -0.39 is 74.0 Å². The second-order valence-corrected chi connectivity index (χ2v) is 20.2. The Balaban J connectivity index is 3.31. The molecule has 0 aliphatic rings. The second kappa shape index (κ2) is 18.5. The number of hydrogen-bond acceptors (Lipinski definition) is 8. The molecule has 0 fully saturated rings. The summed E-state index contributed by atoms with van der Waals surface area (Å²) < 4.78 is 17.7. The first-order chi connectivity index (χ1) is 21.9. The molecule has 1 rings (SSSR count). The van der Waals surface area contributed by atoms with E-state index in [1.165, 1.54) is 6.08 Å². The van der Waals surface area contributed by atoms with Crippen LogP contribution in [-0.4, -0.2) is 72.9 Å². The number of carboxylic acids is 1. The third-order valence-corrected chi connectivity index (χ3v) is 12.9. The Bertz CT molecular complexity index is 1220. The van der Waals surface area contributed by atoms with Crippen molar-refractivity contribution >= 4 is 32.3 Å². The highest BCUT2D eigenvalue weighted by atomic mass is 28.4. The predicted octanol–water partition coefficient (Wildman–Crippen LogP) is 6.38. The molecule has 12 heteroatoms. The average molecular weight is 693 g/mol. The summed E-state index contributed by atoms with van der Waals surface area (Å²) in [5, 5.41) is 26.5. The van der Waals surface area contributed by atoms with Gasteiger partial charge in [0.15, 0.2) is 14.4 Å². The van der Waals surface area contributed by atoms with Crippen molar-refractivity contribution in [3.8, 4) is 0 Å². The molecule has 0 radical (unpaired) electrons. The van der Waals surface area contributed by atoms with Crippen LogP contribution in [-0.2, 0) is 28.3 Å². The summed E-state index contributed by atoms with van der Waals surface area (Å²) in [5.41, 5.74) is 0.0843. The van der Waals surface area contributed by atoms with E-state index in [2.05, 4.69) is 44.5 Å². The molecule has 0 saturated heterocycles. The van der Waals surface area contributed by atoms with Crippen LogP contribution < -0.4 is 10.6 Å². The smallest absolute Gasteiger partial charge is 0.407 e. The Labute approximate surface area is 288 Å². The molecule has 1 aromatic rings. The zero-order chi connectivity index (χ0) is 37.0. The molecule has 2 amide bonds. The fourth-order valence-electron chi connectivity index (χ4n) is 4.51. The maximum absolute atomic E-state index is 13.8. The zero-order valence-electron chi connectivity index (χ0n) is 31.0. The third-order valence-electron chi connectivity index (χ3n) is 8.41. The maximum Gasteiger partial charge on any atom is 0.407 e. The first-order valence-electron chi connectivity index (χ1n) is 16.7. The van der Waals surface area contributed by atoms with Crippen molar-refractivity contribution < 1.29 is 43.3 Å². The lowest BCUT2D eigenvalue weighted by Crippen LogP contribution is -2.51. The van der Waals surface area contributed by atoms with Gasteiger partial charge in [0, 0.05) is 24.6 Å². The van der Waals surface area contributed by atoms with Crippen molar-refractivity contribution in [2.24, 2.45) is 17.8 Å². The summed E-state index contributed by atoms with van der Waals surface area (Å²) in [6, 6.07) is 8.67. The van der Waals surface area contributed by atoms with Gasteiger partial charge in [0.2, 0.25) is 0 Å². The van der Waals surface area contributed by atoms with Crippen LogP contribution in [0.3, 0.4) is 0 Å². The van der Waals surface area contributed by atoms with E-state index in [4.69, 9.17) is 13.9 Å². The minimum atomic E-state index is -2.39. The van der Waals surface area contributed by atoms with Gasteiger partial charge in [-0.15, -0.1) is 0 Å². The molecular formula is C36H60N2O9Si. The predicted molar refractivity (Wildman–Crippen MR) is 189 cm³/mol. The van der Waals surface area contributed by atoms with Gasteiger partial charge < -0.3 is 34.7 Å². The molecular weight excluding hydrogens is 632 g/mol. The number of amides is 2. The van der Waals surface area contributed by atoms with E-state index in [1.54, 1.807) is 34.6 Å². The van der Waals surface area contributed by atoms with Crippen molar-refractivity contribution in [1.82, 2.24) is 10.6 Å². The number of ether oxygens (including phenoxy) is 2. The van der Waals surface area contributed by atoms with Crippen molar-refractivity contribution in [2.45, 2.75) is 130 Å². The number of carboxylic acid groups (broad SMARTS) is 1. The molecule has 272 valence electrons. The number of esters is 1. The molecule has 0 saturated carbocycles. The Hall–Kier alpha value is -3.22. The summed E-state index contributed by atoms with van der Waals surface area (Å²) in [5.74, 6) is -3.79. The summed E-state index contributed by atoms with van der Waals surface area (Å²) in [6.45, 7) is 22.8. The van der Waals surface area contributed by atoms with Gasteiger partial charge in [0.1, 0.15) is 5.60 Å². The van der Waals surface area contributed by atoms with E-state index >= 15 is 0 Å². The quantitative estimate of drug-likeness (QED) is 0.0825. The second-order valence-electron chi connectivity index (χ2n) is 15.5. The number of aliphatic hydroxyl groups excluding tert-OH is 1. The molecule has 48 heavy (non-hydrogen) atoms. The summed E-state index contributed by atoms with van der Waals surface area (Å²) in [6.07, 6.45) is -0.904. The molecule has 1 aromatic carbocycles. The first-order valence-corrected chi connectivity index (χ1v) is 19.6. The van der Waals surface area contributed by atoms with Crippen molar-refractivity contribution in [3.63, 3.8) is 0 Å². The summed E-state index contributed by atoms with van der Waals surface area (Å²) >= 11 is 0. The number of aliphatic hydroxyl groups is 1. The fourth-order valence-corrected chi connectivity index (χ4v) is 5.77. The number of nitrogens with one attached hydrogen (secondary N) is 2.